The van der Waals surface area contributed by atoms with E-state index in [-0.39, 0.29) is 10.6 Å². The van der Waals surface area contributed by atoms with Crippen LogP contribution in [0, 0.1) is 5.82 Å². The predicted octanol–water partition coefficient (Wildman–Crippen LogP) is 2.35. The highest BCUT2D eigenvalue weighted by molar-refractivity contribution is 6.33. The summed E-state index contributed by atoms with van der Waals surface area (Å²) >= 11 is 5.82. The van der Waals surface area contributed by atoms with Crippen LogP contribution in [-0.4, -0.2) is 25.0 Å². The van der Waals surface area contributed by atoms with Crippen molar-refractivity contribution < 1.29 is 9.18 Å². The number of hydrogen-bond acceptors (Lipinski definition) is 2. The van der Waals surface area contributed by atoms with Crippen molar-refractivity contribution in [1.29, 1.82) is 0 Å². The van der Waals surface area contributed by atoms with Crippen molar-refractivity contribution in [2.45, 2.75) is 25.3 Å². The summed E-state index contributed by atoms with van der Waals surface area (Å²) in [5.74, 6) is -1.03. The molecule has 1 fully saturated rings. The van der Waals surface area contributed by atoms with E-state index in [0.717, 1.165) is 19.4 Å². The zero-order chi connectivity index (χ0) is 13.0. The van der Waals surface area contributed by atoms with Crippen molar-refractivity contribution >= 4 is 17.5 Å². The zero-order valence-electron chi connectivity index (χ0n) is 10.0. The molecule has 1 heterocycles. The van der Waals surface area contributed by atoms with Gasteiger partial charge in [-0.1, -0.05) is 17.7 Å². The lowest BCUT2D eigenvalue weighted by Crippen LogP contribution is -2.31. The monoisotopic (exact) mass is 270 g/mol. The Balaban J connectivity index is 1.87. The van der Waals surface area contributed by atoms with E-state index in [2.05, 4.69) is 10.6 Å². The number of halogens is 2. The van der Waals surface area contributed by atoms with Crippen molar-refractivity contribution in [1.82, 2.24) is 10.6 Å². The fourth-order valence-corrected chi connectivity index (χ4v) is 2.41. The van der Waals surface area contributed by atoms with Gasteiger partial charge in [0.2, 0.25) is 0 Å². The topological polar surface area (TPSA) is 41.1 Å². The van der Waals surface area contributed by atoms with Gasteiger partial charge in [0, 0.05) is 12.6 Å². The van der Waals surface area contributed by atoms with E-state index in [1.807, 2.05) is 0 Å². The van der Waals surface area contributed by atoms with E-state index < -0.39 is 11.7 Å². The standard InChI is InChI=1S/C13H16ClFN2O/c14-10-4-1-5-11(15)12(10)13(18)17-8-6-9-3-2-7-16-9/h1,4-5,9,16H,2-3,6-8H2,(H,17,18)/t9-/m1/s1. The fraction of sp³-hybridized carbons (Fsp3) is 0.462. The molecule has 0 aromatic heterocycles. The first-order valence-corrected chi connectivity index (χ1v) is 6.52. The van der Waals surface area contributed by atoms with Gasteiger partial charge in [-0.3, -0.25) is 4.79 Å². The van der Waals surface area contributed by atoms with Crippen molar-refractivity contribution in [3.05, 3.63) is 34.6 Å². The Morgan fingerprint density at radius 3 is 3.06 bits per heavy atom. The average molecular weight is 271 g/mol. The fourth-order valence-electron chi connectivity index (χ4n) is 2.17. The molecule has 1 aromatic rings. The Kier molecular flexibility index (Phi) is 4.55. The molecule has 2 N–H and O–H groups in total. The molecule has 98 valence electrons. The van der Waals surface area contributed by atoms with Crippen LogP contribution in [-0.2, 0) is 0 Å². The highest BCUT2D eigenvalue weighted by atomic mass is 35.5. The van der Waals surface area contributed by atoms with E-state index in [9.17, 15) is 9.18 Å². The molecule has 18 heavy (non-hydrogen) atoms. The van der Waals surface area contributed by atoms with Gasteiger partial charge in [-0.05, 0) is 37.9 Å². The minimum atomic E-state index is -0.584. The molecule has 0 unspecified atom stereocenters. The number of carbonyl (C=O) groups is 1. The van der Waals surface area contributed by atoms with Gasteiger partial charge >= 0.3 is 0 Å². The van der Waals surface area contributed by atoms with E-state index >= 15 is 0 Å². The van der Waals surface area contributed by atoms with Gasteiger partial charge in [0.1, 0.15) is 5.82 Å². The third kappa shape index (κ3) is 3.21. The third-order valence-electron chi connectivity index (χ3n) is 3.13. The minimum absolute atomic E-state index is 0.0708. The molecule has 2 rings (SSSR count). The minimum Gasteiger partial charge on any atom is -0.352 e. The SMILES string of the molecule is O=C(NCC[C@H]1CCCN1)c1c(F)cccc1Cl. The summed E-state index contributed by atoms with van der Waals surface area (Å²) < 4.78 is 13.5. The quantitative estimate of drug-likeness (QED) is 0.882. The molecule has 1 saturated heterocycles. The first-order valence-electron chi connectivity index (χ1n) is 6.14. The predicted molar refractivity (Wildman–Crippen MR) is 69.4 cm³/mol. The number of rotatable bonds is 4. The molecule has 0 saturated carbocycles. The molecule has 0 spiro atoms. The molecular weight excluding hydrogens is 255 g/mol. The maximum Gasteiger partial charge on any atom is 0.255 e. The summed E-state index contributed by atoms with van der Waals surface area (Å²) in [7, 11) is 0. The maximum absolute atomic E-state index is 13.5. The Hall–Kier alpha value is -1.13. The summed E-state index contributed by atoms with van der Waals surface area (Å²) in [6.07, 6.45) is 3.17. The van der Waals surface area contributed by atoms with E-state index in [4.69, 9.17) is 11.6 Å². The van der Waals surface area contributed by atoms with Crippen LogP contribution in [0.3, 0.4) is 0 Å². The number of amides is 1. The smallest absolute Gasteiger partial charge is 0.255 e. The van der Waals surface area contributed by atoms with E-state index in [1.165, 1.54) is 24.6 Å². The molecule has 1 atom stereocenters. The van der Waals surface area contributed by atoms with Crippen LogP contribution in [0.15, 0.2) is 18.2 Å². The van der Waals surface area contributed by atoms with Crippen LogP contribution in [0.4, 0.5) is 4.39 Å². The van der Waals surface area contributed by atoms with Crippen LogP contribution in [0.25, 0.3) is 0 Å². The first kappa shape index (κ1) is 13.3. The molecule has 1 amide bonds. The number of carbonyl (C=O) groups excluding carboxylic acids is 1. The molecule has 5 heteroatoms. The van der Waals surface area contributed by atoms with Gasteiger partial charge in [-0.15, -0.1) is 0 Å². The number of benzene rings is 1. The average Bonchev–Trinajstić information content (AvgIpc) is 2.82. The van der Waals surface area contributed by atoms with Crippen LogP contribution in [0.2, 0.25) is 5.02 Å². The molecule has 0 aliphatic carbocycles. The molecular formula is C13H16ClFN2O. The summed E-state index contributed by atoms with van der Waals surface area (Å²) in [5, 5.41) is 6.19. The van der Waals surface area contributed by atoms with Crippen molar-refractivity contribution in [3.8, 4) is 0 Å². The Bertz CT molecular complexity index is 413. The first-order chi connectivity index (χ1) is 8.68. The Labute approximate surface area is 111 Å². The lowest BCUT2D eigenvalue weighted by molar-refractivity contribution is 0.0948. The molecule has 0 bridgehead atoms. The maximum atomic E-state index is 13.5. The molecule has 1 aliphatic heterocycles. The second-order valence-corrected chi connectivity index (χ2v) is 4.84. The lowest BCUT2D eigenvalue weighted by atomic mass is 10.1. The van der Waals surface area contributed by atoms with Crippen molar-refractivity contribution in [2.75, 3.05) is 13.1 Å². The normalized spacial score (nSPS) is 18.9. The van der Waals surface area contributed by atoms with Crippen LogP contribution < -0.4 is 10.6 Å². The van der Waals surface area contributed by atoms with Gasteiger partial charge in [0.25, 0.3) is 5.91 Å². The Morgan fingerprint density at radius 1 is 1.56 bits per heavy atom. The van der Waals surface area contributed by atoms with Crippen molar-refractivity contribution in [2.24, 2.45) is 0 Å². The highest BCUT2D eigenvalue weighted by Crippen LogP contribution is 2.18. The van der Waals surface area contributed by atoms with Crippen LogP contribution in [0.1, 0.15) is 29.6 Å². The summed E-state index contributed by atoms with van der Waals surface area (Å²) in [5.41, 5.74) is -0.0708. The van der Waals surface area contributed by atoms with Crippen molar-refractivity contribution in [3.63, 3.8) is 0 Å². The summed E-state index contributed by atoms with van der Waals surface area (Å²) in [6, 6.07) is 4.69. The highest BCUT2D eigenvalue weighted by Gasteiger charge is 2.17. The summed E-state index contributed by atoms with van der Waals surface area (Å²) in [4.78, 5) is 11.8. The van der Waals surface area contributed by atoms with Crippen LogP contribution >= 0.6 is 11.6 Å². The van der Waals surface area contributed by atoms with Gasteiger partial charge in [-0.25, -0.2) is 4.39 Å². The Morgan fingerprint density at radius 2 is 2.39 bits per heavy atom. The van der Waals surface area contributed by atoms with Gasteiger partial charge in [0.15, 0.2) is 0 Å². The van der Waals surface area contributed by atoms with Gasteiger partial charge in [0.05, 0.1) is 10.6 Å². The molecule has 1 aromatic carbocycles. The largest absolute Gasteiger partial charge is 0.352 e. The van der Waals surface area contributed by atoms with Gasteiger partial charge in [-0.2, -0.15) is 0 Å². The molecule has 1 aliphatic rings. The summed E-state index contributed by atoms with van der Waals surface area (Å²) in [6.45, 7) is 1.57. The van der Waals surface area contributed by atoms with Gasteiger partial charge < -0.3 is 10.6 Å². The second-order valence-electron chi connectivity index (χ2n) is 4.43. The third-order valence-corrected chi connectivity index (χ3v) is 3.45. The zero-order valence-corrected chi connectivity index (χ0v) is 10.8. The number of nitrogens with one attached hydrogen (secondary N) is 2. The van der Waals surface area contributed by atoms with E-state index in [0.29, 0.717) is 12.6 Å². The molecule has 0 radical (unpaired) electrons. The van der Waals surface area contributed by atoms with Crippen LogP contribution in [0.5, 0.6) is 0 Å². The lowest BCUT2D eigenvalue weighted by Gasteiger charge is -2.11. The number of hydrogen-bond donors (Lipinski definition) is 2. The van der Waals surface area contributed by atoms with E-state index in [1.54, 1.807) is 0 Å². The second kappa shape index (κ2) is 6.16. The molecule has 3 nitrogen and oxygen atoms in total.